The number of rotatable bonds is 3. The fourth-order valence-electron chi connectivity index (χ4n) is 1.43. The molecule has 2 rings (SSSR count). The fourth-order valence-corrected chi connectivity index (χ4v) is 3.28. The van der Waals surface area contributed by atoms with E-state index in [1.807, 2.05) is 0 Å². The number of hydrogen-bond donors (Lipinski definition) is 1. The Morgan fingerprint density at radius 3 is 2.73 bits per heavy atom. The van der Waals surface area contributed by atoms with Crippen molar-refractivity contribution >= 4 is 51.3 Å². The lowest BCUT2D eigenvalue weighted by Gasteiger charge is -2.35. The predicted octanol–water partition coefficient (Wildman–Crippen LogP) is 2.99. The fraction of sp³-hybridized carbons (Fsp3) is 0.556. The summed E-state index contributed by atoms with van der Waals surface area (Å²) in [6.07, 6.45) is 0. The van der Waals surface area contributed by atoms with Gasteiger partial charge in [-0.1, -0.05) is 11.6 Å². The summed E-state index contributed by atoms with van der Waals surface area (Å²) < 4.78 is 1.86. The second-order valence-corrected chi connectivity index (χ2v) is 6.15. The zero-order chi connectivity index (χ0) is 10.1. The molecule has 6 heteroatoms. The van der Waals surface area contributed by atoms with Crippen molar-refractivity contribution in [3.05, 3.63) is 19.8 Å². The maximum Gasteiger partial charge on any atom is 0.107 e. The number of nitrogens with one attached hydrogen (secondary N) is 1. The molecule has 1 aromatic heterocycles. The monoisotopic (exact) mass is 330 g/mol. The summed E-state index contributed by atoms with van der Waals surface area (Å²) in [5.74, 6) is 0. The molecule has 86 valence electrons. The molecule has 0 aromatic carbocycles. The van der Waals surface area contributed by atoms with Gasteiger partial charge in [-0.05, 0) is 29.0 Å². The summed E-state index contributed by atoms with van der Waals surface area (Å²) >= 11 is 11.1. The van der Waals surface area contributed by atoms with Crippen molar-refractivity contribution in [3.8, 4) is 0 Å². The van der Waals surface area contributed by atoms with Gasteiger partial charge in [0.1, 0.15) is 4.34 Å². The van der Waals surface area contributed by atoms with Crippen LogP contribution in [0.5, 0.6) is 0 Å². The van der Waals surface area contributed by atoms with Gasteiger partial charge >= 0.3 is 0 Å². The largest absolute Gasteiger partial charge is 0.314 e. The van der Waals surface area contributed by atoms with Crippen LogP contribution in [0.25, 0.3) is 0 Å². The van der Waals surface area contributed by atoms with Gasteiger partial charge in [-0.2, -0.15) is 0 Å². The molecule has 0 bridgehead atoms. The highest BCUT2D eigenvalue weighted by molar-refractivity contribution is 9.10. The quantitative estimate of drug-likeness (QED) is 0.916. The van der Waals surface area contributed by atoms with Crippen LogP contribution in [0.3, 0.4) is 0 Å². The first kappa shape index (κ1) is 13.7. The zero-order valence-electron chi connectivity index (χ0n) is 8.30. The minimum atomic E-state index is 0. The van der Waals surface area contributed by atoms with E-state index in [0.717, 1.165) is 28.4 Å². The van der Waals surface area contributed by atoms with Crippen molar-refractivity contribution in [3.63, 3.8) is 0 Å². The van der Waals surface area contributed by atoms with Crippen LogP contribution in [0.15, 0.2) is 10.5 Å². The van der Waals surface area contributed by atoms with E-state index in [0.29, 0.717) is 6.04 Å². The highest BCUT2D eigenvalue weighted by Crippen LogP contribution is 2.32. The van der Waals surface area contributed by atoms with Gasteiger partial charge in [-0.25, -0.2) is 0 Å². The molecule has 15 heavy (non-hydrogen) atoms. The molecule has 1 fully saturated rings. The summed E-state index contributed by atoms with van der Waals surface area (Å²) in [5, 5.41) is 3.27. The number of likely N-dealkylation sites (N-methyl/N-ethyl adjacent to an activating group) is 1. The van der Waals surface area contributed by atoms with E-state index in [-0.39, 0.29) is 12.4 Å². The Morgan fingerprint density at radius 2 is 2.33 bits per heavy atom. The first-order valence-corrected chi connectivity index (χ1v) is 6.50. The molecule has 0 spiro atoms. The van der Waals surface area contributed by atoms with Crippen LogP contribution in [0.1, 0.15) is 4.88 Å². The maximum absolute atomic E-state index is 5.98. The number of nitrogens with zero attached hydrogens (tertiary/aromatic N) is 1. The van der Waals surface area contributed by atoms with Gasteiger partial charge in [0.15, 0.2) is 0 Å². The number of halogens is 3. The second kappa shape index (κ2) is 5.84. The smallest absolute Gasteiger partial charge is 0.107 e. The van der Waals surface area contributed by atoms with E-state index in [9.17, 15) is 0 Å². The zero-order valence-corrected chi connectivity index (χ0v) is 12.3. The minimum absolute atomic E-state index is 0. The van der Waals surface area contributed by atoms with E-state index in [4.69, 9.17) is 11.6 Å². The molecule has 2 heterocycles. The molecule has 0 atom stereocenters. The van der Waals surface area contributed by atoms with Gasteiger partial charge in [0.05, 0.1) is 0 Å². The molecule has 1 N–H and O–H groups in total. The average Bonchev–Trinajstić information content (AvgIpc) is 2.26. The van der Waals surface area contributed by atoms with Crippen molar-refractivity contribution in [1.82, 2.24) is 10.2 Å². The molecule has 0 amide bonds. The van der Waals surface area contributed by atoms with Gasteiger partial charge in [0.25, 0.3) is 0 Å². The van der Waals surface area contributed by atoms with Gasteiger partial charge in [0.2, 0.25) is 0 Å². The van der Waals surface area contributed by atoms with Crippen LogP contribution in [0, 0.1) is 0 Å². The second-order valence-electron chi connectivity index (χ2n) is 3.56. The van der Waals surface area contributed by atoms with Gasteiger partial charge in [0, 0.05) is 35.0 Å². The van der Waals surface area contributed by atoms with E-state index in [2.05, 4.69) is 39.3 Å². The third kappa shape index (κ3) is 3.32. The van der Waals surface area contributed by atoms with Crippen LogP contribution in [-0.2, 0) is 6.54 Å². The van der Waals surface area contributed by atoms with Crippen LogP contribution in [0.4, 0.5) is 0 Å². The van der Waals surface area contributed by atoms with Crippen LogP contribution >= 0.6 is 51.3 Å². The Kier molecular flexibility index (Phi) is 5.36. The van der Waals surface area contributed by atoms with Gasteiger partial charge in [-0.3, -0.25) is 4.90 Å². The SMILES string of the molecule is CN(Cc1cc(Br)c(Cl)s1)C1CNC1.Cl. The first-order chi connectivity index (χ1) is 6.66. The number of thiophene rings is 1. The highest BCUT2D eigenvalue weighted by Gasteiger charge is 2.21. The standard InChI is InChI=1S/C9H12BrClN2S.ClH/c1-13(6-3-12-4-6)5-7-2-8(10)9(11)14-7;/h2,6,12H,3-5H2,1H3;1H. The predicted molar refractivity (Wildman–Crippen MR) is 72.4 cm³/mol. The Labute approximate surface area is 114 Å². The molecule has 2 nitrogen and oxygen atoms in total. The lowest BCUT2D eigenvalue weighted by atomic mass is 10.1. The molecular formula is C9H13BrCl2N2S. The summed E-state index contributed by atoms with van der Waals surface area (Å²) in [6, 6.07) is 2.80. The molecule has 1 aliphatic rings. The molecule has 1 saturated heterocycles. The Hall–Kier alpha value is 0.680. The Balaban J connectivity index is 0.00000112. The average molecular weight is 332 g/mol. The molecule has 0 unspecified atom stereocenters. The maximum atomic E-state index is 5.98. The van der Waals surface area contributed by atoms with E-state index in [1.54, 1.807) is 11.3 Å². The third-order valence-corrected chi connectivity index (χ3v) is 4.94. The van der Waals surface area contributed by atoms with Crippen molar-refractivity contribution in [2.45, 2.75) is 12.6 Å². The van der Waals surface area contributed by atoms with Crippen molar-refractivity contribution in [2.24, 2.45) is 0 Å². The molecule has 0 aliphatic carbocycles. The molecule has 1 aromatic rings. The van der Waals surface area contributed by atoms with Crippen molar-refractivity contribution in [1.29, 1.82) is 0 Å². The minimum Gasteiger partial charge on any atom is -0.314 e. The van der Waals surface area contributed by atoms with Gasteiger partial charge in [-0.15, -0.1) is 23.7 Å². The Morgan fingerprint density at radius 1 is 1.67 bits per heavy atom. The topological polar surface area (TPSA) is 15.3 Å². The van der Waals surface area contributed by atoms with E-state index >= 15 is 0 Å². The highest BCUT2D eigenvalue weighted by atomic mass is 79.9. The summed E-state index contributed by atoms with van der Waals surface area (Å²) in [6.45, 7) is 3.20. The molecular weight excluding hydrogens is 319 g/mol. The molecule has 0 radical (unpaired) electrons. The third-order valence-electron chi connectivity index (χ3n) is 2.48. The van der Waals surface area contributed by atoms with Crippen LogP contribution in [0.2, 0.25) is 4.34 Å². The van der Waals surface area contributed by atoms with Crippen molar-refractivity contribution in [2.75, 3.05) is 20.1 Å². The van der Waals surface area contributed by atoms with Crippen LogP contribution in [-0.4, -0.2) is 31.1 Å². The van der Waals surface area contributed by atoms with E-state index < -0.39 is 0 Å². The first-order valence-electron chi connectivity index (χ1n) is 4.51. The lowest BCUT2D eigenvalue weighted by Crippen LogP contribution is -2.55. The number of hydrogen-bond acceptors (Lipinski definition) is 3. The summed E-state index contributed by atoms with van der Waals surface area (Å²) in [5.41, 5.74) is 0. The Bertz CT molecular complexity index is 308. The van der Waals surface area contributed by atoms with E-state index in [1.165, 1.54) is 4.88 Å². The summed E-state index contributed by atoms with van der Waals surface area (Å²) in [4.78, 5) is 3.68. The normalized spacial score (nSPS) is 16.3. The molecule has 0 saturated carbocycles. The van der Waals surface area contributed by atoms with Crippen molar-refractivity contribution < 1.29 is 0 Å². The lowest BCUT2D eigenvalue weighted by molar-refractivity contribution is 0.174. The van der Waals surface area contributed by atoms with Crippen LogP contribution < -0.4 is 5.32 Å². The molecule has 1 aliphatic heterocycles. The van der Waals surface area contributed by atoms with Gasteiger partial charge < -0.3 is 5.32 Å². The summed E-state index contributed by atoms with van der Waals surface area (Å²) in [7, 11) is 2.16.